The predicted molar refractivity (Wildman–Crippen MR) is 97.8 cm³/mol. The van der Waals surface area contributed by atoms with Crippen molar-refractivity contribution in [2.75, 3.05) is 13.7 Å². The largest absolute Gasteiger partial charge is 0.465 e. The van der Waals surface area contributed by atoms with Crippen molar-refractivity contribution >= 4 is 12.1 Å². The number of nitrogens with zero attached hydrogens (tertiary/aromatic N) is 1. The quantitative estimate of drug-likeness (QED) is 0.767. The average molecular weight is 353 g/mol. The van der Waals surface area contributed by atoms with E-state index in [1.807, 2.05) is 47.4 Å². The lowest BCUT2D eigenvalue weighted by atomic mass is 10.0. The summed E-state index contributed by atoms with van der Waals surface area (Å²) in [4.78, 5) is 25.8. The fourth-order valence-corrected chi connectivity index (χ4v) is 3.26. The van der Waals surface area contributed by atoms with Gasteiger partial charge in [0, 0.05) is 12.6 Å². The van der Waals surface area contributed by atoms with Crippen LogP contribution in [-0.4, -0.2) is 36.7 Å². The normalized spacial score (nSPS) is 16.3. The molecule has 1 heterocycles. The maximum absolute atomic E-state index is 12.4. The Kier molecular flexibility index (Phi) is 5.89. The lowest BCUT2D eigenvalue weighted by molar-refractivity contribution is 0.0600. The molecule has 1 atom stereocenters. The van der Waals surface area contributed by atoms with Crippen molar-refractivity contribution in [3.05, 3.63) is 71.3 Å². The van der Waals surface area contributed by atoms with Crippen LogP contribution in [0.5, 0.6) is 0 Å². The summed E-state index contributed by atoms with van der Waals surface area (Å²) >= 11 is 0. The molecule has 1 aliphatic rings. The molecule has 1 amide bonds. The van der Waals surface area contributed by atoms with Gasteiger partial charge in [-0.15, -0.1) is 0 Å². The van der Waals surface area contributed by atoms with Crippen molar-refractivity contribution < 1.29 is 19.1 Å². The molecule has 2 aromatic rings. The standard InChI is InChI=1S/C21H23NO4/c1-25-20(23)18-11-9-16(10-12-18)14-19-8-5-13-22(19)21(24)26-15-17-6-3-2-4-7-17/h2-4,6-7,9-12,19H,5,8,13-15H2,1H3. The van der Waals surface area contributed by atoms with E-state index < -0.39 is 0 Å². The van der Waals surface area contributed by atoms with Crippen LogP contribution >= 0.6 is 0 Å². The molecular formula is C21H23NO4. The number of esters is 1. The number of methoxy groups -OCH3 is 1. The van der Waals surface area contributed by atoms with E-state index in [1.165, 1.54) is 7.11 Å². The first-order valence-electron chi connectivity index (χ1n) is 8.82. The third-order valence-electron chi connectivity index (χ3n) is 4.66. The number of carbonyl (C=O) groups is 2. The molecule has 26 heavy (non-hydrogen) atoms. The summed E-state index contributed by atoms with van der Waals surface area (Å²) in [5, 5.41) is 0. The highest BCUT2D eigenvalue weighted by Gasteiger charge is 2.30. The van der Waals surface area contributed by atoms with Crippen LogP contribution in [0.4, 0.5) is 4.79 Å². The lowest BCUT2D eigenvalue weighted by Gasteiger charge is -2.24. The smallest absolute Gasteiger partial charge is 0.410 e. The van der Waals surface area contributed by atoms with Crippen molar-refractivity contribution in [1.29, 1.82) is 0 Å². The van der Waals surface area contributed by atoms with Gasteiger partial charge in [-0.3, -0.25) is 0 Å². The molecule has 2 aromatic carbocycles. The third-order valence-corrected chi connectivity index (χ3v) is 4.66. The molecule has 3 rings (SSSR count). The van der Waals surface area contributed by atoms with Gasteiger partial charge in [-0.2, -0.15) is 0 Å². The highest BCUT2D eigenvalue weighted by molar-refractivity contribution is 5.89. The van der Waals surface area contributed by atoms with E-state index in [4.69, 9.17) is 9.47 Å². The molecule has 1 fully saturated rings. The van der Waals surface area contributed by atoms with Gasteiger partial charge in [-0.25, -0.2) is 9.59 Å². The maximum Gasteiger partial charge on any atom is 0.410 e. The zero-order valence-corrected chi connectivity index (χ0v) is 14.9. The molecule has 0 bridgehead atoms. The number of hydrogen-bond acceptors (Lipinski definition) is 4. The second kappa shape index (κ2) is 8.52. The van der Waals surface area contributed by atoms with Crippen molar-refractivity contribution in [3.8, 4) is 0 Å². The van der Waals surface area contributed by atoms with Crippen molar-refractivity contribution in [2.24, 2.45) is 0 Å². The number of hydrogen-bond donors (Lipinski definition) is 0. The Hall–Kier alpha value is -2.82. The van der Waals surface area contributed by atoms with Crippen LogP contribution in [0.25, 0.3) is 0 Å². The van der Waals surface area contributed by atoms with Gasteiger partial charge in [0.1, 0.15) is 6.61 Å². The van der Waals surface area contributed by atoms with E-state index in [2.05, 4.69) is 0 Å². The Morgan fingerprint density at radius 3 is 2.46 bits per heavy atom. The van der Waals surface area contributed by atoms with E-state index >= 15 is 0 Å². The van der Waals surface area contributed by atoms with Crippen LogP contribution in [0.15, 0.2) is 54.6 Å². The summed E-state index contributed by atoms with van der Waals surface area (Å²) in [6.45, 7) is 1.01. The van der Waals surface area contributed by atoms with Crippen LogP contribution in [0.1, 0.15) is 34.3 Å². The average Bonchev–Trinajstić information content (AvgIpc) is 3.15. The molecule has 0 aromatic heterocycles. The van der Waals surface area contributed by atoms with Crippen LogP contribution in [0, 0.1) is 0 Å². The molecule has 0 radical (unpaired) electrons. The van der Waals surface area contributed by atoms with Crippen molar-refractivity contribution in [3.63, 3.8) is 0 Å². The molecule has 0 saturated carbocycles. The molecule has 0 spiro atoms. The molecule has 1 saturated heterocycles. The first kappa shape index (κ1) is 18.0. The van der Waals surface area contributed by atoms with E-state index in [1.54, 1.807) is 12.1 Å². The Bertz CT molecular complexity index is 742. The lowest BCUT2D eigenvalue weighted by Crippen LogP contribution is -2.37. The number of likely N-dealkylation sites (tertiary alicyclic amines) is 1. The van der Waals surface area contributed by atoms with Gasteiger partial charge in [0.05, 0.1) is 12.7 Å². The molecule has 1 aliphatic heterocycles. The molecule has 5 nitrogen and oxygen atoms in total. The fraction of sp³-hybridized carbons (Fsp3) is 0.333. The maximum atomic E-state index is 12.4. The molecule has 0 aliphatic carbocycles. The van der Waals surface area contributed by atoms with E-state index in [9.17, 15) is 9.59 Å². The summed E-state index contributed by atoms with van der Waals surface area (Å²) < 4.78 is 10.2. The Labute approximate surface area is 153 Å². The van der Waals surface area contributed by atoms with Gasteiger partial charge in [-0.05, 0) is 42.5 Å². The highest BCUT2D eigenvalue weighted by Crippen LogP contribution is 2.22. The van der Waals surface area contributed by atoms with Crippen molar-refractivity contribution in [2.45, 2.75) is 31.9 Å². The summed E-state index contributed by atoms with van der Waals surface area (Å²) in [6.07, 6.45) is 2.43. The Balaban J connectivity index is 1.57. The molecule has 136 valence electrons. The van der Waals surface area contributed by atoms with Gasteiger partial charge in [0.2, 0.25) is 0 Å². The SMILES string of the molecule is COC(=O)c1ccc(CC2CCCN2C(=O)OCc2ccccc2)cc1. The molecular weight excluding hydrogens is 330 g/mol. The second-order valence-electron chi connectivity index (χ2n) is 6.42. The van der Waals surface area contributed by atoms with E-state index in [0.717, 1.165) is 36.9 Å². The van der Waals surface area contributed by atoms with Crippen LogP contribution in [-0.2, 0) is 22.5 Å². The first-order valence-corrected chi connectivity index (χ1v) is 8.82. The minimum absolute atomic E-state index is 0.127. The molecule has 5 heteroatoms. The van der Waals surface area contributed by atoms with Crippen molar-refractivity contribution in [1.82, 2.24) is 4.90 Å². The highest BCUT2D eigenvalue weighted by atomic mass is 16.6. The first-order chi connectivity index (χ1) is 12.7. The summed E-state index contributed by atoms with van der Waals surface area (Å²) in [5.74, 6) is -0.344. The summed E-state index contributed by atoms with van der Waals surface area (Å²) in [7, 11) is 1.37. The Morgan fingerprint density at radius 1 is 1.04 bits per heavy atom. The third kappa shape index (κ3) is 4.42. The van der Waals surface area contributed by atoms with Crippen LogP contribution in [0.3, 0.4) is 0 Å². The zero-order chi connectivity index (χ0) is 18.4. The van der Waals surface area contributed by atoms with Crippen LogP contribution < -0.4 is 0 Å². The molecule has 0 N–H and O–H groups in total. The van der Waals surface area contributed by atoms with Gasteiger partial charge in [0.15, 0.2) is 0 Å². The topological polar surface area (TPSA) is 55.8 Å². The second-order valence-corrected chi connectivity index (χ2v) is 6.42. The van der Waals surface area contributed by atoms with Gasteiger partial charge >= 0.3 is 12.1 Å². The van der Waals surface area contributed by atoms with E-state index in [-0.39, 0.29) is 24.7 Å². The molecule has 1 unspecified atom stereocenters. The summed E-state index contributed by atoms with van der Waals surface area (Å²) in [6, 6.07) is 17.2. The minimum Gasteiger partial charge on any atom is -0.465 e. The number of benzene rings is 2. The van der Waals surface area contributed by atoms with Crippen LogP contribution in [0.2, 0.25) is 0 Å². The number of ether oxygens (including phenoxy) is 2. The zero-order valence-electron chi connectivity index (χ0n) is 14.9. The number of rotatable bonds is 5. The number of carbonyl (C=O) groups excluding carboxylic acids is 2. The van der Waals surface area contributed by atoms with E-state index in [0.29, 0.717) is 5.56 Å². The minimum atomic E-state index is -0.344. The van der Waals surface area contributed by atoms with Gasteiger partial charge in [-0.1, -0.05) is 42.5 Å². The monoisotopic (exact) mass is 353 g/mol. The fourth-order valence-electron chi connectivity index (χ4n) is 3.26. The predicted octanol–water partition coefficient (Wildman–Crippen LogP) is 3.82. The van der Waals surface area contributed by atoms with Gasteiger partial charge in [0.25, 0.3) is 0 Å². The number of amides is 1. The summed E-state index contributed by atoms with van der Waals surface area (Å²) in [5.41, 5.74) is 2.60. The Morgan fingerprint density at radius 2 is 1.77 bits per heavy atom. The van der Waals surface area contributed by atoms with Gasteiger partial charge < -0.3 is 14.4 Å².